The minimum Gasteiger partial charge on any atom is -0.351 e. The van der Waals surface area contributed by atoms with Crippen molar-refractivity contribution in [3.63, 3.8) is 0 Å². The molecule has 2 atom stereocenters. The molecule has 2 unspecified atom stereocenters. The lowest BCUT2D eigenvalue weighted by molar-refractivity contribution is -0.121. The first-order chi connectivity index (χ1) is 9.66. The van der Waals surface area contributed by atoms with E-state index in [9.17, 15) is 4.79 Å². The average Bonchev–Trinajstić information content (AvgIpc) is 2.92. The standard InChI is InChI=1S/C16H24N2OS/c1-12(2)15(16(19)18-14-8-9-17-10-14)20-11-13-6-4-3-5-7-13/h3-7,12,14-15,17H,8-11H2,1-2H3,(H,18,19). The number of benzene rings is 1. The monoisotopic (exact) mass is 292 g/mol. The summed E-state index contributed by atoms with van der Waals surface area (Å²) in [6.07, 6.45) is 1.04. The van der Waals surface area contributed by atoms with Gasteiger partial charge in [0, 0.05) is 18.3 Å². The van der Waals surface area contributed by atoms with Crippen LogP contribution in [-0.4, -0.2) is 30.3 Å². The number of hydrogen-bond acceptors (Lipinski definition) is 3. The smallest absolute Gasteiger partial charge is 0.233 e. The fourth-order valence-corrected chi connectivity index (χ4v) is 3.56. The third-order valence-corrected chi connectivity index (χ3v) is 5.16. The summed E-state index contributed by atoms with van der Waals surface area (Å²) in [6, 6.07) is 10.6. The molecule has 3 nitrogen and oxygen atoms in total. The highest BCUT2D eigenvalue weighted by atomic mass is 32.2. The van der Waals surface area contributed by atoms with E-state index in [0.29, 0.717) is 12.0 Å². The molecule has 0 aromatic heterocycles. The predicted octanol–water partition coefficient (Wildman–Crippen LogP) is 2.42. The van der Waals surface area contributed by atoms with E-state index in [-0.39, 0.29) is 11.2 Å². The number of rotatable bonds is 6. The number of carbonyl (C=O) groups excluding carboxylic acids is 1. The molecule has 0 aliphatic carbocycles. The molecule has 0 saturated carbocycles. The zero-order valence-electron chi connectivity index (χ0n) is 12.3. The molecule has 1 fully saturated rings. The second kappa shape index (κ2) is 7.70. The van der Waals surface area contributed by atoms with Crippen molar-refractivity contribution >= 4 is 17.7 Å². The average molecular weight is 292 g/mol. The van der Waals surface area contributed by atoms with Gasteiger partial charge >= 0.3 is 0 Å². The zero-order valence-corrected chi connectivity index (χ0v) is 13.1. The van der Waals surface area contributed by atoms with Gasteiger partial charge in [-0.3, -0.25) is 4.79 Å². The van der Waals surface area contributed by atoms with Crippen LogP contribution in [0.3, 0.4) is 0 Å². The summed E-state index contributed by atoms with van der Waals surface area (Å²) in [6.45, 7) is 6.15. The lowest BCUT2D eigenvalue weighted by Crippen LogP contribution is -2.43. The summed E-state index contributed by atoms with van der Waals surface area (Å²) in [5, 5.41) is 6.48. The fraction of sp³-hybridized carbons (Fsp3) is 0.562. The van der Waals surface area contributed by atoms with E-state index in [0.717, 1.165) is 25.3 Å². The Labute approximate surface area is 125 Å². The largest absolute Gasteiger partial charge is 0.351 e. The first-order valence-electron chi connectivity index (χ1n) is 7.33. The second-order valence-corrected chi connectivity index (χ2v) is 6.79. The minimum absolute atomic E-state index is 0.0239. The van der Waals surface area contributed by atoms with Crippen molar-refractivity contribution in [3.05, 3.63) is 35.9 Å². The van der Waals surface area contributed by atoms with Crippen molar-refractivity contribution in [1.82, 2.24) is 10.6 Å². The van der Waals surface area contributed by atoms with Crippen LogP contribution in [-0.2, 0) is 10.5 Å². The van der Waals surface area contributed by atoms with E-state index in [1.807, 2.05) is 18.2 Å². The molecule has 0 spiro atoms. The first-order valence-corrected chi connectivity index (χ1v) is 8.38. The van der Waals surface area contributed by atoms with E-state index in [1.54, 1.807) is 11.8 Å². The number of carbonyl (C=O) groups is 1. The molecule has 1 amide bonds. The van der Waals surface area contributed by atoms with Crippen LogP contribution in [0.15, 0.2) is 30.3 Å². The van der Waals surface area contributed by atoms with Crippen LogP contribution in [0.5, 0.6) is 0 Å². The Kier molecular flexibility index (Phi) is 5.92. The van der Waals surface area contributed by atoms with Crippen molar-refractivity contribution in [2.75, 3.05) is 13.1 Å². The molecular formula is C16H24N2OS. The molecule has 0 bridgehead atoms. The molecule has 2 N–H and O–H groups in total. The van der Waals surface area contributed by atoms with Gasteiger partial charge in [0.1, 0.15) is 0 Å². The summed E-state index contributed by atoms with van der Waals surface area (Å²) >= 11 is 1.74. The number of thioether (sulfide) groups is 1. The molecule has 0 radical (unpaired) electrons. The van der Waals surface area contributed by atoms with Crippen LogP contribution < -0.4 is 10.6 Å². The molecular weight excluding hydrogens is 268 g/mol. The maximum Gasteiger partial charge on any atom is 0.233 e. The van der Waals surface area contributed by atoms with Gasteiger partial charge in [0.15, 0.2) is 0 Å². The maximum absolute atomic E-state index is 12.4. The molecule has 1 aromatic rings. The van der Waals surface area contributed by atoms with Gasteiger partial charge in [0.2, 0.25) is 5.91 Å². The second-order valence-electron chi connectivity index (χ2n) is 5.66. The van der Waals surface area contributed by atoms with E-state index in [2.05, 4.69) is 36.6 Å². The van der Waals surface area contributed by atoms with Gasteiger partial charge in [-0.15, -0.1) is 11.8 Å². The molecule has 110 valence electrons. The molecule has 1 saturated heterocycles. The van der Waals surface area contributed by atoms with Crippen LogP contribution in [0.25, 0.3) is 0 Å². The van der Waals surface area contributed by atoms with Gasteiger partial charge in [-0.25, -0.2) is 0 Å². The lowest BCUT2D eigenvalue weighted by atomic mass is 10.1. The van der Waals surface area contributed by atoms with E-state index < -0.39 is 0 Å². The minimum atomic E-state index is 0.0239. The van der Waals surface area contributed by atoms with E-state index >= 15 is 0 Å². The third kappa shape index (κ3) is 4.53. The summed E-state index contributed by atoms with van der Waals surface area (Å²) < 4.78 is 0. The first kappa shape index (κ1) is 15.4. The zero-order chi connectivity index (χ0) is 14.4. The summed E-state index contributed by atoms with van der Waals surface area (Å²) in [7, 11) is 0. The van der Waals surface area contributed by atoms with Crippen molar-refractivity contribution in [3.8, 4) is 0 Å². The van der Waals surface area contributed by atoms with Gasteiger partial charge in [-0.2, -0.15) is 0 Å². The van der Waals surface area contributed by atoms with Crippen LogP contribution in [0.1, 0.15) is 25.8 Å². The Balaban J connectivity index is 1.87. The number of hydrogen-bond donors (Lipinski definition) is 2. The predicted molar refractivity (Wildman–Crippen MR) is 85.8 cm³/mol. The van der Waals surface area contributed by atoms with Crippen molar-refractivity contribution in [1.29, 1.82) is 0 Å². The Morgan fingerprint density at radius 2 is 2.15 bits per heavy atom. The van der Waals surface area contributed by atoms with Gasteiger partial charge in [0.05, 0.1) is 5.25 Å². The summed E-state index contributed by atoms with van der Waals surface area (Å²) in [4.78, 5) is 12.4. The normalized spacial score (nSPS) is 20.1. The SMILES string of the molecule is CC(C)C(SCc1ccccc1)C(=O)NC1CCNC1. The Hall–Kier alpha value is -1.00. The lowest BCUT2D eigenvalue weighted by Gasteiger charge is -2.22. The molecule has 2 rings (SSSR count). The highest BCUT2D eigenvalue weighted by molar-refractivity contribution is 7.99. The van der Waals surface area contributed by atoms with Crippen LogP contribution in [0.4, 0.5) is 0 Å². The fourth-order valence-electron chi connectivity index (χ4n) is 2.39. The molecule has 1 heterocycles. The van der Waals surface area contributed by atoms with Gasteiger partial charge in [0.25, 0.3) is 0 Å². The van der Waals surface area contributed by atoms with Crippen LogP contribution >= 0.6 is 11.8 Å². The highest BCUT2D eigenvalue weighted by Crippen LogP contribution is 2.24. The Morgan fingerprint density at radius 1 is 1.40 bits per heavy atom. The number of nitrogens with one attached hydrogen (secondary N) is 2. The summed E-state index contributed by atoms with van der Waals surface area (Å²) in [5.41, 5.74) is 1.28. The molecule has 1 aliphatic heterocycles. The van der Waals surface area contributed by atoms with Gasteiger partial charge in [-0.1, -0.05) is 44.2 Å². The quantitative estimate of drug-likeness (QED) is 0.846. The van der Waals surface area contributed by atoms with Crippen LogP contribution in [0.2, 0.25) is 0 Å². The highest BCUT2D eigenvalue weighted by Gasteiger charge is 2.26. The van der Waals surface area contributed by atoms with Gasteiger partial charge in [-0.05, 0) is 24.4 Å². The van der Waals surface area contributed by atoms with Gasteiger partial charge < -0.3 is 10.6 Å². The molecule has 1 aromatic carbocycles. The Morgan fingerprint density at radius 3 is 2.75 bits per heavy atom. The molecule has 4 heteroatoms. The number of amides is 1. The Bertz CT molecular complexity index is 416. The maximum atomic E-state index is 12.4. The third-order valence-electron chi connectivity index (χ3n) is 3.54. The van der Waals surface area contributed by atoms with Crippen molar-refractivity contribution in [2.45, 2.75) is 37.3 Å². The van der Waals surface area contributed by atoms with Crippen LogP contribution in [0, 0.1) is 5.92 Å². The summed E-state index contributed by atoms with van der Waals surface area (Å²) in [5.74, 6) is 1.42. The van der Waals surface area contributed by atoms with E-state index in [1.165, 1.54) is 5.56 Å². The molecule has 1 aliphatic rings. The van der Waals surface area contributed by atoms with Crippen molar-refractivity contribution < 1.29 is 4.79 Å². The topological polar surface area (TPSA) is 41.1 Å². The molecule has 20 heavy (non-hydrogen) atoms. The van der Waals surface area contributed by atoms with E-state index in [4.69, 9.17) is 0 Å². The van der Waals surface area contributed by atoms with Crippen molar-refractivity contribution in [2.24, 2.45) is 5.92 Å².